The van der Waals surface area contributed by atoms with Crippen LogP contribution in [0.2, 0.25) is 0 Å². The van der Waals surface area contributed by atoms with Gasteiger partial charge in [0.25, 0.3) is 0 Å². The van der Waals surface area contributed by atoms with Gasteiger partial charge in [0, 0.05) is 0 Å². The molecule has 0 saturated heterocycles. The van der Waals surface area contributed by atoms with Crippen molar-refractivity contribution in [1.29, 1.82) is 0 Å². The van der Waals surface area contributed by atoms with Crippen LogP contribution in [0, 0.1) is 0 Å². The summed E-state index contributed by atoms with van der Waals surface area (Å²) < 4.78 is 30.7. The molecule has 0 aromatic rings. The Bertz CT molecular complexity index is 107. The molecule has 0 radical (unpaired) electrons. The number of unbranched alkanes of at least 4 members (excludes halogenated alkanes) is 1. The van der Waals surface area contributed by atoms with Crippen molar-refractivity contribution in [1.82, 2.24) is 0 Å². The van der Waals surface area contributed by atoms with Crippen LogP contribution in [-0.2, 0) is 6.03 Å². The van der Waals surface area contributed by atoms with Crippen molar-refractivity contribution in [3.05, 3.63) is 0 Å². The average Bonchev–Trinajstić information content (AvgIpc) is 1.63. The maximum absolute atomic E-state index is 10.1. The molecule has 0 aliphatic rings. The van der Waals surface area contributed by atoms with E-state index < -0.39 is 20.1 Å². The minimum atomic E-state index is -4.99. The Morgan fingerprint density at radius 3 is 2.44 bits per heavy atom. The van der Waals surface area contributed by atoms with Crippen LogP contribution in [0.4, 0.5) is 0 Å². The fraction of sp³-hybridized carbons (Fsp3) is 1.00. The van der Waals surface area contributed by atoms with Gasteiger partial charge in [-0.1, -0.05) is 0 Å². The van der Waals surface area contributed by atoms with Crippen molar-refractivity contribution < 1.29 is 12.8 Å². The molecule has 0 amide bonds. The van der Waals surface area contributed by atoms with E-state index in [9.17, 15) is 3.02 Å². The molecule has 5 heteroatoms. The molecule has 0 saturated carbocycles. The quantitative estimate of drug-likeness (QED) is 0.524. The first-order chi connectivity index (χ1) is 4.06. The summed E-state index contributed by atoms with van der Waals surface area (Å²) in [6, 6.07) is 0. The first-order valence-electron chi connectivity index (χ1n) is 2.76. The summed E-state index contributed by atoms with van der Waals surface area (Å²) in [7, 11) is 0. The standard InChI is InChI=1S/C4H9O.2H2O.O.Sb/c1-2-3-4-5;;;;/h2-4H2,1H3;2*1H2;;/q-1;;;;+3/p-2. The van der Waals surface area contributed by atoms with E-state index in [1.54, 1.807) is 0 Å². The molecule has 0 aliphatic carbocycles. The summed E-state index contributed by atoms with van der Waals surface area (Å²) in [5, 5.41) is 0. The summed E-state index contributed by atoms with van der Waals surface area (Å²) in [4.78, 5) is 0. The molecule has 9 heavy (non-hydrogen) atoms. The van der Waals surface area contributed by atoms with Gasteiger partial charge in [-0.05, 0) is 0 Å². The van der Waals surface area contributed by atoms with Gasteiger partial charge in [0.1, 0.15) is 0 Å². The molecule has 0 heterocycles. The molecule has 4 nitrogen and oxygen atoms in total. The summed E-state index contributed by atoms with van der Waals surface area (Å²) in [6.07, 6.45) is 1.60. The van der Waals surface area contributed by atoms with Crippen molar-refractivity contribution in [2.45, 2.75) is 19.8 Å². The van der Waals surface area contributed by atoms with Gasteiger partial charge in [-0.25, -0.2) is 0 Å². The fourth-order valence-corrected chi connectivity index (χ4v) is 1.38. The second-order valence-electron chi connectivity index (χ2n) is 1.68. The summed E-state index contributed by atoms with van der Waals surface area (Å²) in [6.45, 7) is 2.11. The van der Waals surface area contributed by atoms with Crippen LogP contribution in [0.25, 0.3) is 0 Å². The summed E-state index contributed by atoms with van der Waals surface area (Å²) >= 11 is -4.99. The SMILES string of the molecule is CCCC[O][Sb](=[O])([OH])[OH]. The van der Waals surface area contributed by atoms with Crippen LogP contribution in [0.1, 0.15) is 19.8 Å². The van der Waals surface area contributed by atoms with E-state index in [1.165, 1.54) is 0 Å². The van der Waals surface area contributed by atoms with Gasteiger partial charge in [0.2, 0.25) is 0 Å². The minimum absolute atomic E-state index is 0.179. The van der Waals surface area contributed by atoms with E-state index in [1.807, 2.05) is 6.92 Å². The predicted octanol–water partition coefficient (Wildman–Crippen LogP) is -0.346. The van der Waals surface area contributed by atoms with Gasteiger partial charge < -0.3 is 0 Å². The first kappa shape index (κ1) is 9.50. The molecule has 2 N–H and O–H groups in total. The van der Waals surface area contributed by atoms with E-state index >= 15 is 0 Å². The Hall–Kier alpha value is 0.498. The van der Waals surface area contributed by atoms with E-state index in [4.69, 9.17) is 6.77 Å². The molecular weight excluding hydrogens is 234 g/mol. The molecule has 0 aromatic carbocycles. The van der Waals surface area contributed by atoms with Crippen molar-refractivity contribution in [2.24, 2.45) is 0 Å². The van der Waals surface area contributed by atoms with Crippen LogP contribution >= 0.6 is 0 Å². The second-order valence-corrected chi connectivity index (χ2v) is 5.21. The predicted molar refractivity (Wildman–Crippen MR) is 31.7 cm³/mol. The van der Waals surface area contributed by atoms with E-state index in [2.05, 4.69) is 3.02 Å². The van der Waals surface area contributed by atoms with Crippen molar-refractivity contribution in [3.8, 4) is 0 Å². The second kappa shape index (κ2) is 4.34. The summed E-state index contributed by atoms with van der Waals surface area (Å²) in [5.74, 6) is 0. The van der Waals surface area contributed by atoms with E-state index in [0.717, 1.165) is 6.42 Å². The van der Waals surface area contributed by atoms with Crippen molar-refractivity contribution >= 4 is 20.1 Å². The molecular formula is C4H11O4Sb. The molecule has 0 bridgehead atoms. The topological polar surface area (TPSA) is 66.8 Å². The van der Waals surface area contributed by atoms with E-state index in [-0.39, 0.29) is 6.61 Å². The normalized spacial score (nSPS) is 11.9. The van der Waals surface area contributed by atoms with Gasteiger partial charge in [-0.3, -0.25) is 0 Å². The van der Waals surface area contributed by atoms with Gasteiger partial charge >= 0.3 is 59.2 Å². The Morgan fingerprint density at radius 2 is 2.11 bits per heavy atom. The Balaban J connectivity index is 3.18. The molecule has 56 valence electrons. The first-order valence-corrected chi connectivity index (χ1v) is 7.13. The zero-order valence-electron chi connectivity index (χ0n) is 5.28. The van der Waals surface area contributed by atoms with Gasteiger partial charge in [-0.2, -0.15) is 0 Å². The van der Waals surface area contributed by atoms with Crippen LogP contribution < -0.4 is 0 Å². The number of rotatable bonds is 4. The molecule has 0 spiro atoms. The molecule has 0 atom stereocenters. The molecule has 0 rings (SSSR count). The Morgan fingerprint density at radius 1 is 1.56 bits per heavy atom. The molecule has 0 unspecified atom stereocenters. The molecule has 0 aliphatic heterocycles. The number of hydrogen-bond donors (Lipinski definition) is 2. The van der Waals surface area contributed by atoms with Gasteiger partial charge in [0.15, 0.2) is 0 Å². The van der Waals surface area contributed by atoms with Crippen LogP contribution in [0.15, 0.2) is 0 Å². The van der Waals surface area contributed by atoms with E-state index in [0.29, 0.717) is 6.42 Å². The van der Waals surface area contributed by atoms with Crippen LogP contribution in [0.3, 0.4) is 0 Å². The Labute approximate surface area is 59.5 Å². The number of hydrogen-bond acceptors (Lipinski definition) is 2. The van der Waals surface area contributed by atoms with Gasteiger partial charge in [-0.15, -0.1) is 0 Å². The summed E-state index contributed by atoms with van der Waals surface area (Å²) in [5.41, 5.74) is 0. The monoisotopic (exact) mass is 244 g/mol. The third kappa shape index (κ3) is 8.50. The maximum atomic E-state index is 10.1. The zero-order valence-corrected chi connectivity index (χ0v) is 7.83. The Kier molecular flexibility index (Phi) is 4.58. The van der Waals surface area contributed by atoms with Crippen molar-refractivity contribution in [2.75, 3.05) is 6.61 Å². The zero-order chi connectivity index (χ0) is 7.33. The fourth-order valence-electron chi connectivity index (χ4n) is 0.328. The van der Waals surface area contributed by atoms with Crippen LogP contribution in [0.5, 0.6) is 0 Å². The van der Waals surface area contributed by atoms with Crippen molar-refractivity contribution in [3.63, 3.8) is 0 Å². The third-order valence-corrected chi connectivity index (χ3v) is 2.24. The van der Waals surface area contributed by atoms with Gasteiger partial charge in [0.05, 0.1) is 0 Å². The van der Waals surface area contributed by atoms with Crippen LogP contribution in [-0.4, -0.2) is 33.4 Å². The third-order valence-electron chi connectivity index (χ3n) is 0.757. The molecule has 0 fully saturated rings. The average molecular weight is 245 g/mol. The molecule has 0 aromatic heterocycles.